The first-order valence-electron chi connectivity index (χ1n) is 2.64. The van der Waals surface area contributed by atoms with Crippen LogP contribution in [0.25, 0.3) is 0 Å². The summed E-state index contributed by atoms with van der Waals surface area (Å²) in [6, 6.07) is 2.68. The van der Waals surface area contributed by atoms with Gasteiger partial charge in [0.25, 0.3) is 11.8 Å². The number of hydrogen-bond acceptors (Lipinski definition) is 3. The lowest BCUT2D eigenvalue weighted by molar-refractivity contribution is 0.0880. The second kappa shape index (κ2) is 1.67. The standard InChI is InChI=1S/C6H2NO2S/c8-5-3-1-2-10-4(3)6(9)7-5/h2H,(H,7,8,9). The molecule has 0 spiro atoms. The van der Waals surface area contributed by atoms with Gasteiger partial charge in [-0.1, -0.05) is 0 Å². The van der Waals surface area contributed by atoms with Crippen LogP contribution in [0, 0.1) is 6.07 Å². The van der Waals surface area contributed by atoms with E-state index in [1.165, 1.54) is 11.3 Å². The van der Waals surface area contributed by atoms with Crippen molar-refractivity contribution in [1.82, 2.24) is 5.32 Å². The second-order valence-corrected chi connectivity index (χ2v) is 2.75. The van der Waals surface area contributed by atoms with Crippen LogP contribution >= 0.6 is 11.3 Å². The van der Waals surface area contributed by atoms with Gasteiger partial charge in [-0.15, -0.1) is 11.3 Å². The van der Waals surface area contributed by atoms with E-state index in [1.54, 1.807) is 5.38 Å². The summed E-state index contributed by atoms with van der Waals surface area (Å²) in [6.45, 7) is 0. The molecule has 0 fully saturated rings. The number of amides is 2. The summed E-state index contributed by atoms with van der Waals surface area (Å²) in [5, 5.41) is 3.78. The van der Waals surface area contributed by atoms with Gasteiger partial charge in [-0.2, -0.15) is 0 Å². The van der Waals surface area contributed by atoms with Crippen LogP contribution in [0.3, 0.4) is 0 Å². The zero-order chi connectivity index (χ0) is 7.14. The fourth-order valence-corrected chi connectivity index (χ4v) is 1.55. The summed E-state index contributed by atoms with van der Waals surface area (Å²) < 4.78 is 0. The molecule has 0 saturated carbocycles. The first kappa shape index (κ1) is 5.61. The summed E-state index contributed by atoms with van der Waals surface area (Å²) in [6.07, 6.45) is 0. The van der Waals surface area contributed by atoms with Crippen molar-refractivity contribution in [3.63, 3.8) is 0 Å². The van der Waals surface area contributed by atoms with Crippen LogP contribution in [0.1, 0.15) is 20.0 Å². The topological polar surface area (TPSA) is 46.2 Å². The Kier molecular flexibility index (Phi) is 0.935. The molecule has 2 heterocycles. The molecule has 4 heteroatoms. The van der Waals surface area contributed by atoms with Gasteiger partial charge in [-0.3, -0.25) is 14.9 Å². The Balaban J connectivity index is 2.69. The highest BCUT2D eigenvalue weighted by molar-refractivity contribution is 7.12. The van der Waals surface area contributed by atoms with Gasteiger partial charge in [-0.05, 0) is 0 Å². The van der Waals surface area contributed by atoms with Crippen molar-refractivity contribution in [2.24, 2.45) is 0 Å². The number of carbonyl (C=O) groups is 2. The van der Waals surface area contributed by atoms with Gasteiger partial charge in [-0.25, -0.2) is 0 Å². The zero-order valence-electron chi connectivity index (χ0n) is 4.80. The van der Waals surface area contributed by atoms with Crippen molar-refractivity contribution in [1.29, 1.82) is 0 Å². The van der Waals surface area contributed by atoms with E-state index < -0.39 is 0 Å². The number of fused-ring (bicyclic) bond motifs is 1. The minimum absolute atomic E-state index is 0.300. The molecular weight excluding hydrogens is 150 g/mol. The zero-order valence-corrected chi connectivity index (χ0v) is 5.62. The quantitative estimate of drug-likeness (QED) is 0.548. The lowest BCUT2D eigenvalue weighted by atomic mass is 10.3. The van der Waals surface area contributed by atoms with Crippen LogP contribution in [-0.4, -0.2) is 11.8 Å². The molecular formula is C6H2NO2S. The van der Waals surface area contributed by atoms with Crippen molar-refractivity contribution in [3.05, 3.63) is 21.9 Å². The summed E-state index contributed by atoms with van der Waals surface area (Å²) in [5.41, 5.74) is 0.384. The van der Waals surface area contributed by atoms with Crippen molar-refractivity contribution < 1.29 is 9.59 Å². The molecule has 49 valence electrons. The number of nitrogens with one attached hydrogen (secondary N) is 1. The number of carbonyl (C=O) groups excluding carboxylic acids is 2. The predicted molar refractivity (Wildman–Crippen MR) is 35.0 cm³/mol. The molecule has 0 saturated heterocycles. The number of rotatable bonds is 0. The molecule has 1 N–H and O–H groups in total. The Morgan fingerprint density at radius 3 is 2.90 bits per heavy atom. The monoisotopic (exact) mass is 152 g/mol. The van der Waals surface area contributed by atoms with Crippen LogP contribution in [0.15, 0.2) is 5.38 Å². The maximum Gasteiger partial charge on any atom is 0.269 e. The summed E-state index contributed by atoms with van der Waals surface area (Å²) in [4.78, 5) is 22.1. The lowest BCUT2D eigenvalue weighted by Gasteiger charge is -1.83. The number of hydrogen-bond donors (Lipinski definition) is 1. The smallest absolute Gasteiger partial charge is 0.269 e. The average molecular weight is 152 g/mol. The predicted octanol–water partition coefficient (Wildman–Crippen LogP) is 0.432. The van der Waals surface area contributed by atoms with E-state index in [2.05, 4.69) is 11.4 Å². The van der Waals surface area contributed by atoms with Crippen LogP contribution in [0.2, 0.25) is 0 Å². The van der Waals surface area contributed by atoms with Crippen LogP contribution < -0.4 is 5.32 Å². The van der Waals surface area contributed by atoms with E-state index in [1.807, 2.05) is 0 Å². The van der Waals surface area contributed by atoms with Gasteiger partial charge in [0.15, 0.2) is 0 Å². The molecule has 10 heavy (non-hydrogen) atoms. The Bertz CT molecular complexity index is 287. The third kappa shape index (κ3) is 0.537. The van der Waals surface area contributed by atoms with Gasteiger partial charge >= 0.3 is 0 Å². The lowest BCUT2D eigenvalue weighted by Crippen LogP contribution is -2.20. The molecule has 1 aliphatic rings. The van der Waals surface area contributed by atoms with Crippen molar-refractivity contribution in [3.8, 4) is 0 Å². The summed E-state index contributed by atoms with van der Waals surface area (Å²) in [7, 11) is 0. The van der Waals surface area contributed by atoms with E-state index >= 15 is 0 Å². The molecule has 0 aliphatic carbocycles. The minimum atomic E-state index is -0.332. The molecule has 0 unspecified atom stereocenters. The SMILES string of the molecule is O=C1NC(=O)c2sc[c]c21. The third-order valence-corrected chi connectivity index (χ3v) is 2.13. The van der Waals surface area contributed by atoms with E-state index in [0.29, 0.717) is 10.4 Å². The first-order chi connectivity index (χ1) is 4.79. The molecule has 1 radical (unpaired) electrons. The molecule has 0 atom stereocenters. The maximum absolute atomic E-state index is 10.8. The van der Waals surface area contributed by atoms with Crippen molar-refractivity contribution in [2.45, 2.75) is 0 Å². The Morgan fingerprint density at radius 1 is 1.40 bits per heavy atom. The van der Waals surface area contributed by atoms with E-state index in [-0.39, 0.29) is 11.8 Å². The second-order valence-electron chi connectivity index (χ2n) is 1.87. The number of thiophene rings is 1. The Morgan fingerprint density at radius 2 is 2.20 bits per heavy atom. The van der Waals surface area contributed by atoms with Gasteiger partial charge in [0.2, 0.25) is 0 Å². The normalized spacial score (nSPS) is 15.2. The van der Waals surface area contributed by atoms with Crippen LogP contribution in [0.4, 0.5) is 0 Å². The van der Waals surface area contributed by atoms with Gasteiger partial charge in [0.1, 0.15) is 4.88 Å². The van der Waals surface area contributed by atoms with Crippen molar-refractivity contribution >= 4 is 23.2 Å². The summed E-state index contributed by atoms with van der Waals surface area (Å²) >= 11 is 1.24. The average Bonchev–Trinajstić information content (AvgIpc) is 2.39. The van der Waals surface area contributed by atoms with Gasteiger partial charge in [0, 0.05) is 11.4 Å². The number of imide groups is 1. The fourth-order valence-electron chi connectivity index (χ4n) is 0.830. The fraction of sp³-hybridized carbons (Fsp3) is 0. The van der Waals surface area contributed by atoms with Crippen LogP contribution in [0.5, 0.6) is 0 Å². The maximum atomic E-state index is 10.8. The van der Waals surface area contributed by atoms with Gasteiger partial charge in [0.05, 0.1) is 5.56 Å². The third-order valence-electron chi connectivity index (χ3n) is 1.27. The minimum Gasteiger partial charge on any atom is -0.287 e. The van der Waals surface area contributed by atoms with Crippen LogP contribution in [-0.2, 0) is 0 Å². The molecule has 1 aliphatic heterocycles. The molecule has 1 aromatic rings. The van der Waals surface area contributed by atoms with E-state index in [0.717, 1.165) is 0 Å². The molecule has 0 bridgehead atoms. The Labute approximate surface area is 60.7 Å². The largest absolute Gasteiger partial charge is 0.287 e. The molecule has 0 aromatic carbocycles. The highest BCUT2D eigenvalue weighted by Gasteiger charge is 2.27. The molecule has 2 amide bonds. The van der Waals surface area contributed by atoms with Crippen molar-refractivity contribution in [2.75, 3.05) is 0 Å². The van der Waals surface area contributed by atoms with E-state index in [9.17, 15) is 9.59 Å². The highest BCUT2D eigenvalue weighted by atomic mass is 32.1. The van der Waals surface area contributed by atoms with Gasteiger partial charge < -0.3 is 0 Å². The highest BCUT2D eigenvalue weighted by Crippen LogP contribution is 2.20. The Hall–Kier alpha value is -1.16. The molecule has 1 aromatic heterocycles. The molecule has 3 nitrogen and oxygen atoms in total. The van der Waals surface area contributed by atoms with E-state index in [4.69, 9.17) is 0 Å². The molecule has 2 rings (SSSR count). The summed E-state index contributed by atoms with van der Waals surface area (Å²) in [5.74, 6) is -0.632. The first-order valence-corrected chi connectivity index (χ1v) is 3.52.